The number of hydrogen-bond acceptors (Lipinski definition) is 5. The van der Waals surface area contributed by atoms with E-state index >= 15 is 0 Å². The Labute approximate surface area is 251 Å². The second-order valence-electron chi connectivity index (χ2n) is 9.61. The molecule has 218 valence electrons. The molecular weight excluding hydrogens is 574 g/mol. The van der Waals surface area contributed by atoms with Gasteiger partial charge in [-0.25, -0.2) is 8.42 Å². The van der Waals surface area contributed by atoms with Gasteiger partial charge in [0.1, 0.15) is 24.1 Å². The highest BCUT2D eigenvalue weighted by Crippen LogP contribution is 2.27. The van der Waals surface area contributed by atoms with Gasteiger partial charge >= 0.3 is 0 Å². The first-order valence-corrected chi connectivity index (χ1v) is 15.5. The number of anilines is 1. The predicted octanol–water partition coefficient (Wildman–Crippen LogP) is 5.28. The van der Waals surface area contributed by atoms with Crippen LogP contribution in [0.1, 0.15) is 11.1 Å². The zero-order valence-corrected chi connectivity index (χ0v) is 24.9. The fourth-order valence-electron chi connectivity index (χ4n) is 4.45. The molecule has 10 heteroatoms. The fourth-order valence-corrected chi connectivity index (χ4v) is 5.49. The number of hydrogen-bond donors (Lipinski definition) is 1. The van der Waals surface area contributed by atoms with Gasteiger partial charge < -0.3 is 15.0 Å². The van der Waals surface area contributed by atoms with Crippen LogP contribution in [0.5, 0.6) is 11.5 Å². The number of amides is 2. The summed E-state index contributed by atoms with van der Waals surface area (Å²) in [5.74, 6) is 0.198. The monoisotopic (exact) mass is 605 g/mol. The molecule has 0 saturated carbocycles. The Morgan fingerprint density at radius 3 is 2.00 bits per heavy atom. The van der Waals surface area contributed by atoms with Gasteiger partial charge in [0.05, 0.1) is 11.9 Å². The summed E-state index contributed by atoms with van der Waals surface area (Å²) in [6.45, 7) is -0.519. The zero-order chi connectivity index (χ0) is 30.1. The smallest absolute Gasteiger partial charge is 0.244 e. The van der Waals surface area contributed by atoms with Crippen molar-refractivity contribution in [3.05, 3.63) is 125 Å². The number of benzene rings is 4. The molecule has 4 rings (SSSR count). The molecule has 0 aliphatic carbocycles. The van der Waals surface area contributed by atoms with E-state index in [2.05, 4.69) is 5.32 Å². The van der Waals surface area contributed by atoms with Crippen molar-refractivity contribution in [3.8, 4) is 11.5 Å². The molecule has 1 N–H and O–H groups in total. The van der Waals surface area contributed by atoms with Gasteiger partial charge in [0, 0.05) is 25.0 Å². The van der Waals surface area contributed by atoms with Gasteiger partial charge in [0.15, 0.2) is 0 Å². The molecule has 4 aromatic rings. The Bertz CT molecular complexity index is 1600. The molecule has 2 amide bonds. The van der Waals surface area contributed by atoms with Crippen molar-refractivity contribution in [2.75, 3.05) is 24.2 Å². The van der Waals surface area contributed by atoms with E-state index < -0.39 is 28.5 Å². The second kappa shape index (κ2) is 14.0. The standard InChI is InChI=1S/C32H32ClN3O5S/c1-34-32(38)30(21-24-11-5-3-6-12-24)35(22-25-13-9-10-16-29(25)33)31(37)23-36(42(2,39)40)26-17-19-28(20-18-26)41-27-14-7-4-8-15-27/h3-20,30H,21-23H2,1-2H3,(H,34,38). The molecule has 0 aliphatic rings. The average Bonchev–Trinajstić information content (AvgIpc) is 2.99. The molecular formula is C32H32ClN3O5S. The summed E-state index contributed by atoms with van der Waals surface area (Å²) in [6.07, 6.45) is 1.26. The minimum Gasteiger partial charge on any atom is -0.457 e. The van der Waals surface area contributed by atoms with Crippen molar-refractivity contribution in [2.45, 2.75) is 19.0 Å². The van der Waals surface area contributed by atoms with Crippen LogP contribution in [0.25, 0.3) is 0 Å². The maximum absolute atomic E-state index is 14.0. The van der Waals surface area contributed by atoms with Crippen LogP contribution in [0.3, 0.4) is 0 Å². The normalized spacial score (nSPS) is 11.8. The Balaban J connectivity index is 1.66. The van der Waals surface area contributed by atoms with Crippen LogP contribution in [0.4, 0.5) is 5.69 Å². The summed E-state index contributed by atoms with van der Waals surface area (Å²) in [5, 5.41) is 3.08. The van der Waals surface area contributed by atoms with Crippen LogP contribution in [-0.2, 0) is 32.6 Å². The largest absolute Gasteiger partial charge is 0.457 e. The third-order valence-electron chi connectivity index (χ3n) is 6.60. The first kappa shape index (κ1) is 30.6. The Morgan fingerprint density at radius 2 is 1.40 bits per heavy atom. The van der Waals surface area contributed by atoms with Gasteiger partial charge in [-0.05, 0) is 53.6 Å². The van der Waals surface area contributed by atoms with Crippen LogP contribution in [0.15, 0.2) is 109 Å². The van der Waals surface area contributed by atoms with Crippen LogP contribution >= 0.6 is 11.6 Å². The van der Waals surface area contributed by atoms with Gasteiger partial charge in [-0.2, -0.15) is 0 Å². The minimum absolute atomic E-state index is 0.00484. The summed E-state index contributed by atoms with van der Waals surface area (Å²) in [7, 11) is -2.39. The highest BCUT2D eigenvalue weighted by Gasteiger charge is 2.33. The van der Waals surface area contributed by atoms with Crippen molar-refractivity contribution in [1.82, 2.24) is 10.2 Å². The number of likely N-dealkylation sites (N-methyl/N-ethyl adjacent to an activating group) is 1. The van der Waals surface area contributed by atoms with E-state index in [-0.39, 0.29) is 24.6 Å². The van der Waals surface area contributed by atoms with Crippen LogP contribution in [0.2, 0.25) is 5.02 Å². The lowest BCUT2D eigenvalue weighted by molar-refractivity contribution is -0.139. The van der Waals surface area contributed by atoms with Crippen LogP contribution < -0.4 is 14.4 Å². The van der Waals surface area contributed by atoms with Gasteiger partial charge in [-0.3, -0.25) is 13.9 Å². The van der Waals surface area contributed by atoms with Gasteiger partial charge in [0.25, 0.3) is 0 Å². The third kappa shape index (κ3) is 8.11. The average molecular weight is 606 g/mol. The predicted molar refractivity (Wildman–Crippen MR) is 165 cm³/mol. The van der Waals surface area contributed by atoms with E-state index in [4.69, 9.17) is 16.3 Å². The molecule has 0 spiro atoms. The van der Waals surface area contributed by atoms with E-state index in [1.165, 1.54) is 11.9 Å². The van der Waals surface area contributed by atoms with Crippen LogP contribution in [0, 0.1) is 0 Å². The zero-order valence-electron chi connectivity index (χ0n) is 23.3. The van der Waals surface area contributed by atoms with Crippen molar-refractivity contribution in [3.63, 3.8) is 0 Å². The third-order valence-corrected chi connectivity index (χ3v) is 8.11. The van der Waals surface area contributed by atoms with E-state index in [1.54, 1.807) is 60.7 Å². The number of carbonyl (C=O) groups is 2. The van der Waals surface area contributed by atoms with Crippen molar-refractivity contribution in [2.24, 2.45) is 0 Å². The number of halogens is 1. The van der Waals surface area contributed by atoms with E-state index in [9.17, 15) is 18.0 Å². The molecule has 0 heterocycles. The summed E-state index contributed by atoms with van der Waals surface area (Å²) in [5.41, 5.74) is 1.75. The number of ether oxygens (including phenoxy) is 1. The van der Waals surface area contributed by atoms with Crippen LogP contribution in [-0.4, -0.2) is 51.0 Å². The lowest BCUT2D eigenvalue weighted by Crippen LogP contribution is -2.52. The fraction of sp³-hybridized carbons (Fsp3) is 0.188. The number of rotatable bonds is 12. The highest BCUT2D eigenvalue weighted by atomic mass is 35.5. The maximum atomic E-state index is 14.0. The molecule has 0 aromatic heterocycles. The molecule has 0 aliphatic heterocycles. The molecule has 0 radical (unpaired) electrons. The highest BCUT2D eigenvalue weighted by molar-refractivity contribution is 7.92. The second-order valence-corrected chi connectivity index (χ2v) is 11.9. The summed E-state index contributed by atoms with van der Waals surface area (Å²) < 4.78 is 32.7. The lowest BCUT2D eigenvalue weighted by atomic mass is 10.0. The van der Waals surface area contributed by atoms with E-state index in [0.29, 0.717) is 22.1 Å². The molecule has 0 bridgehead atoms. The van der Waals surface area contributed by atoms with Crippen molar-refractivity contribution < 1.29 is 22.7 Å². The Morgan fingerprint density at radius 1 is 0.833 bits per heavy atom. The Hall–Kier alpha value is -4.34. The Kier molecular flexibility index (Phi) is 10.2. The van der Waals surface area contributed by atoms with Crippen molar-refractivity contribution in [1.29, 1.82) is 0 Å². The molecule has 0 saturated heterocycles. The topological polar surface area (TPSA) is 96.0 Å². The van der Waals surface area contributed by atoms with Gasteiger partial charge in [-0.1, -0.05) is 78.3 Å². The first-order chi connectivity index (χ1) is 20.2. The summed E-state index contributed by atoms with van der Waals surface area (Å²) >= 11 is 6.44. The maximum Gasteiger partial charge on any atom is 0.244 e. The first-order valence-electron chi connectivity index (χ1n) is 13.2. The summed E-state index contributed by atoms with van der Waals surface area (Å²) in [6, 6.07) is 31.0. The van der Waals surface area contributed by atoms with E-state index in [0.717, 1.165) is 16.1 Å². The number of sulfonamides is 1. The number of para-hydroxylation sites is 1. The van der Waals surface area contributed by atoms with Crippen molar-refractivity contribution >= 4 is 39.1 Å². The minimum atomic E-state index is -3.89. The molecule has 8 nitrogen and oxygen atoms in total. The molecule has 1 atom stereocenters. The number of nitrogens with one attached hydrogen (secondary N) is 1. The van der Waals surface area contributed by atoms with Gasteiger partial charge in [-0.15, -0.1) is 0 Å². The summed E-state index contributed by atoms with van der Waals surface area (Å²) in [4.78, 5) is 28.6. The van der Waals surface area contributed by atoms with E-state index in [1.807, 2.05) is 48.5 Å². The number of carbonyl (C=O) groups excluding carboxylic acids is 2. The SMILES string of the molecule is CNC(=O)C(Cc1ccccc1)N(Cc1ccccc1Cl)C(=O)CN(c1ccc(Oc2ccccc2)cc1)S(C)(=O)=O. The molecule has 0 fully saturated rings. The lowest BCUT2D eigenvalue weighted by Gasteiger charge is -2.33. The molecule has 1 unspecified atom stereocenters. The molecule has 4 aromatic carbocycles. The van der Waals surface area contributed by atoms with Gasteiger partial charge in [0.2, 0.25) is 21.8 Å². The molecule has 42 heavy (non-hydrogen) atoms. The number of nitrogens with zero attached hydrogens (tertiary/aromatic N) is 2. The quantitative estimate of drug-likeness (QED) is 0.237.